The highest BCUT2D eigenvalue weighted by molar-refractivity contribution is 5.93. The minimum Gasteiger partial charge on any atom is -0.497 e. The van der Waals surface area contributed by atoms with Crippen LogP contribution in [0.5, 0.6) is 11.5 Å². The van der Waals surface area contributed by atoms with Crippen molar-refractivity contribution in [3.63, 3.8) is 0 Å². The van der Waals surface area contributed by atoms with Crippen LogP contribution in [0.15, 0.2) is 42.5 Å². The molecule has 0 aromatic heterocycles. The molecule has 0 bridgehead atoms. The highest BCUT2D eigenvalue weighted by Gasteiger charge is 2.19. The molecule has 28 heavy (non-hydrogen) atoms. The summed E-state index contributed by atoms with van der Waals surface area (Å²) in [5, 5.41) is 2.98. The zero-order chi connectivity index (χ0) is 19.9. The second kappa shape index (κ2) is 9.57. The van der Waals surface area contributed by atoms with Crippen molar-refractivity contribution in [1.82, 2.24) is 9.80 Å². The summed E-state index contributed by atoms with van der Waals surface area (Å²) in [4.78, 5) is 17.1. The molecule has 1 saturated heterocycles. The molecule has 0 unspecified atom stereocenters. The molecule has 0 radical (unpaired) electrons. The number of hydrogen-bond donors (Lipinski definition) is 1. The van der Waals surface area contributed by atoms with E-state index in [0.717, 1.165) is 49.7 Å². The Balaban J connectivity index is 1.46. The SMILES string of the molecule is COc1ccc(CN2CCN(CC(=O)Nc3cc(C)ccc3OC)CC2)cc1. The number of piperazine rings is 1. The largest absolute Gasteiger partial charge is 0.497 e. The lowest BCUT2D eigenvalue weighted by atomic mass is 10.2. The van der Waals surface area contributed by atoms with E-state index in [0.29, 0.717) is 12.3 Å². The summed E-state index contributed by atoms with van der Waals surface area (Å²) in [5.74, 6) is 1.56. The molecule has 6 nitrogen and oxygen atoms in total. The first-order chi connectivity index (χ1) is 13.6. The number of carbonyl (C=O) groups excluding carboxylic acids is 1. The van der Waals surface area contributed by atoms with Crippen LogP contribution < -0.4 is 14.8 Å². The van der Waals surface area contributed by atoms with Crippen LogP contribution in [0.1, 0.15) is 11.1 Å². The summed E-state index contributed by atoms with van der Waals surface area (Å²) < 4.78 is 10.5. The number of benzene rings is 2. The van der Waals surface area contributed by atoms with E-state index in [1.807, 2.05) is 37.3 Å². The number of rotatable bonds is 7. The Hall–Kier alpha value is -2.57. The number of amides is 1. The van der Waals surface area contributed by atoms with Gasteiger partial charge in [-0.3, -0.25) is 14.6 Å². The van der Waals surface area contributed by atoms with Crippen LogP contribution >= 0.6 is 0 Å². The van der Waals surface area contributed by atoms with E-state index in [1.54, 1.807) is 14.2 Å². The molecule has 1 amide bonds. The lowest BCUT2D eigenvalue weighted by molar-refractivity contribution is -0.117. The number of anilines is 1. The third-order valence-corrected chi connectivity index (χ3v) is 5.03. The maximum absolute atomic E-state index is 12.5. The van der Waals surface area contributed by atoms with E-state index >= 15 is 0 Å². The average Bonchev–Trinajstić information content (AvgIpc) is 2.70. The lowest BCUT2D eigenvalue weighted by Gasteiger charge is -2.34. The molecule has 1 aliphatic rings. The molecule has 6 heteroatoms. The highest BCUT2D eigenvalue weighted by Crippen LogP contribution is 2.25. The monoisotopic (exact) mass is 383 g/mol. The average molecular weight is 383 g/mol. The molecule has 0 atom stereocenters. The van der Waals surface area contributed by atoms with Gasteiger partial charge in [0.1, 0.15) is 11.5 Å². The second-order valence-corrected chi connectivity index (χ2v) is 7.15. The van der Waals surface area contributed by atoms with Gasteiger partial charge in [0.15, 0.2) is 0 Å². The van der Waals surface area contributed by atoms with Crippen molar-refractivity contribution in [2.24, 2.45) is 0 Å². The number of carbonyl (C=O) groups is 1. The van der Waals surface area contributed by atoms with E-state index in [9.17, 15) is 4.79 Å². The number of nitrogens with zero attached hydrogens (tertiary/aromatic N) is 2. The number of nitrogens with one attached hydrogen (secondary N) is 1. The molecule has 150 valence electrons. The minimum absolute atomic E-state index is 0.00694. The standard InChI is InChI=1S/C22H29N3O3/c1-17-4-9-21(28-3)20(14-17)23-22(26)16-25-12-10-24(11-13-25)15-18-5-7-19(27-2)8-6-18/h4-9,14H,10-13,15-16H2,1-3H3,(H,23,26). The number of hydrogen-bond acceptors (Lipinski definition) is 5. The number of aryl methyl sites for hydroxylation is 1. The fraction of sp³-hybridized carbons (Fsp3) is 0.409. The van der Waals surface area contributed by atoms with Gasteiger partial charge in [0.05, 0.1) is 26.5 Å². The summed E-state index contributed by atoms with van der Waals surface area (Å²) >= 11 is 0. The van der Waals surface area contributed by atoms with Crippen molar-refractivity contribution in [2.45, 2.75) is 13.5 Å². The first-order valence-electron chi connectivity index (χ1n) is 9.59. The smallest absolute Gasteiger partial charge is 0.238 e. The molecule has 2 aromatic rings. The highest BCUT2D eigenvalue weighted by atomic mass is 16.5. The maximum Gasteiger partial charge on any atom is 0.238 e. The predicted octanol–water partition coefficient (Wildman–Crippen LogP) is 2.77. The molecule has 1 aliphatic heterocycles. The van der Waals surface area contributed by atoms with Gasteiger partial charge in [-0.25, -0.2) is 0 Å². The predicted molar refractivity (Wildman–Crippen MR) is 111 cm³/mol. The summed E-state index contributed by atoms with van der Waals surface area (Å²) in [6.07, 6.45) is 0. The fourth-order valence-corrected chi connectivity index (χ4v) is 3.41. The second-order valence-electron chi connectivity index (χ2n) is 7.15. The molecule has 1 N–H and O–H groups in total. The van der Waals surface area contributed by atoms with Crippen LogP contribution in [0, 0.1) is 6.92 Å². The Kier molecular flexibility index (Phi) is 6.90. The van der Waals surface area contributed by atoms with Gasteiger partial charge in [-0.1, -0.05) is 18.2 Å². The molecule has 1 fully saturated rings. The molecular weight excluding hydrogens is 354 g/mol. The van der Waals surface area contributed by atoms with E-state index in [4.69, 9.17) is 9.47 Å². The first-order valence-corrected chi connectivity index (χ1v) is 9.59. The summed E-state index contributed by atoms with van der Waals surface area (Å²) in [5.41, 5.74) is 3.09. The van der Waals surface area contributed by atoms with E-state index in [-0.39, 0.29) is 5.91 Å². The summed E-state index contributed by atoms with van der Waals surface area (Å²) in [6, 6.07) is 14.0. The molecule has 0 spiro atoms. The van der Waals surface area contributed by atoms with Gasteiger partial charge in [-0.2, -0.15) is 0 Å². The molecular formula is C22H29N3O3. The van der Waals surface area contributed by atoms with Crippen molar-refractivity contribution < 1.29 is 14.3 Å². The quantitative estimate of drug-likeness (QED) is 0.797. The molecule has 2 aromatic carbocycles. The first kappa shape index (κ1) is 20.2. The van der Waals surface area contributed by atoms with Gasteiger partial charge >= 0.3 is 0 Å². The number of methoxy groups -OCH3 is 2. The van der Waals surface area contributed by atoms with Crippen LogP contribution in [0.25, 0.3) is 0 Å². The molecule has 1 heterocycles. The lowest BCUT2D eigenvalue weighted by Crippen LogP contribution is -2.48. The van der Waals surface area contributed by atoms with Gasteiger partial charge in [-0.05, 0) is 42.3 Å². The van der Waals surface area contributed by atoms with Crippen molar-refractivity contribution >= 4 is 11.6 Å². The van der Waals surface area contributed by atoms with E-state index < -0.39 is 0 Å². The topological polar surface area (TPSA) is 54.0 Å². The minimum atomic E-state index is -0.00694. The summed E-state index contributed by atoms with van der Waals surface area (Å²) in [7, 11) is 3.29. The van der Waals surface area contributed by atoms with Crippen molar-refractivity contribution in [3.05, 3.63) is 53.6 Å². The maximum atomic E-state index is 12.5. The van der Waals surface area contributed by atoms with Gasteiger partial charge in [0, 0.05) is 32.7 Å². The van der Waals surface area contributed by atoms with Gasteiger partial charge < -0.3 is 14.8 Å². The zero-order valence-corrected chi connectivity index (χ0v) is 16.9. The van der Waals surface area contributed by atoms with Crippen LogP contribution in [0.2, 0.25) is 0 Å². The molecule has 3 rings (SSSR count). The Morgan fingerprint density at radius 1 is 0.964 bits per heavy atom. The molecule has 0 saturated carbocycles. The third kappa shape index (κ3) is 5.47. The van der Waals surface area contributed by atoms with Crippen LogP contribution in [0.3, 0.4) is 0 Å². The van der Waals surface area contributed by atoms with Crippen molar-refractivity contribution in [3.8, 4) is 11.5 Å². The van der Waals surface area contributed by atoms with Crippen LogP contribution in [-0.2, 0) is 11.3 Å². The van der Waals surface area contributed by atoms with E-state index in [2.05, 4.69) is 27.2 Å². The van der Waals surface area contributed by atoms with Gasteiger partial charge in [-0.15, -0.1) is 0 Å². The Bertz CT molecular complexity index is 784. The Labute approximate surface area is 167 Å². The van der Waals surface area contributed by atoms with Gasteiger partial charge in [0.2, 0.25) is 5.91 Å². The zero-order valence-electron chi connectivity index (χ0n) is 16.9. The molecule has 0 aliphatic carbocycles. The van der Waals surface area contributed by atoms with Crippen molar-refractivity contribution in [1.29, 1.82) is 0 Å². The number of ether oxygens (including phenoxy) is 2. The van der Waals surface area contributed by atoms with E-state index in [1.165, 1.54) is 5.56 Å². The van der Waals surface area contributed by atoms with Crippen molar-refractivity contribution in [2.75, 3.05) is 52.3 Å². The summed E-state index contributed by atoms with van der Waals surface area (Å²) in [6.45, 7) is 6.98. The van der Waals surface area contributed by atoms with Gasteiger partial charge in [0.25, 0.3) is 0 Å². The Morgan fingerprint density at radius 3 is 2.29 bits per heavy atom. The normalized spacial score (nSPS) is 15.2. The fourth-order valence-electron chi connectivity index (χ4n) is 3.41. The van der Waals surface area contributed by atoms with Crippen LogP contribution in [0.4, 0.5) is 5.69 Å². The Morgan fingerprint density at radius 2 is 1.64 bits per heavy atom. The third-order valence-electron chi connectivity index (χ3n) is 5.03. The van der Waals surface area contributed by atoms with Crippen LogP contribution in [-0.4, -0.2) is 62.7 Å².